The predicted octanol–water partition coefficient (Wildman–Crippen LogP) is 2.61. The van der Waals surface area contributed by atoms with Crippen molar-refractivity contribution >= 4 is 23.7 Å². The molecule has 4 aliphatic heterocycles. The molecule has 0 aliphatic carbocycles. The number of carbonyl (C=O) groups is 1. The molecule has 35 heavy (non-hydrogen) atoms. The third-order valence-corrected chi connectivity index (χ3v) is 7.96. The van der Waals surface area contributed by atoms with Crippen LogP contribution in [0, 0.1) is 5.92 Å². The summed E-state index contributed by atoms with van der Waals surface area (Å²) in [6.45, 7) is 15.8. The molecule has 0 aromatic carbocycles. The van der Waals surface area contributed by atoms with Crippen LogP contribution < -0.4 is 5.32 Å². The summed E-state index contributed by atoms with van der Waals surface area (Å²) >= 11 is 0. The average Bonchev–Trinajstić information content (AvgIpc) is 3.28. The van der Waals surface area contributed by atoms with E-state index in [1.807, 2.05) is 6.08 Å². The van der Waals surface area contributed by atoms with Gasteiger partial charge in [-0.15, -0.1) is 6.58 Å². The van der Waals surface area contributed by atoms with Crippen LogP contribution in [0.3, 0.4) is 0 Å². The Morgan fingerprint density at radius 2 is 1.63 bits per heavy atom. The van der Waals surface area contributed by atoms with Crippen molar-refractivity contribution in [3.63, 3.8) is 0 Å². The number of hydrogen-bond donors (Lipinski definition) is 1. The van der Waals surface area contributed by atoms with Crippen LogP contribution in [0.5, 0.6) is 0 Å². The summed E-state index contributed by atoms with van der Waals surface area (Å²) in [6, 6.07) is -0.0121. The van der Waals surface area contributed by atoms with Crippen LogP contribution in [0.4, 0.5) is 0 Å². The fourth-order valence-corrected chi connectivity index (χ4v) is 5.50. The van der Waals surface area contributed by atoms with Gasteiger partial charge >= 0.3 is 0 Å². The quantitative estimate of drug-likeness (QED) is 0.512. The highest BCUT2D eigenvalue weighted by molar-refractivity contribution is 6.46. The first-order valence-electron chi connectivity index (χ1n) is 13.9. The van der Waals surface area contributed by atoms with Crippen LogP contribution in [-0.4, -0.2) is 109 Å². The Kier molecular flexibility index (Phi) is 10.0. The third kappa shape index (κ3) is 7.79. The van der Waals surface area contributed by atoms with E-state index in [9.17, 15) is 4.79 Å². The van der Waals surface area contributed by atoms with Gasteiger partial charge in [0.05, 0.1) is 18.6 Å². The van der Waals surface area contributed by atoms with Gasteiger partial charge in [-0.05, 0) is 64.7 Å². The Hall–Kier alpha value is -1.90. The molecule has 0 aromatic heterocycles. The third-order valence-electron chi connectivity index (χ3n) is 7.96. The van der Waals surface area contributed by atoms with Gasteiger partial charge in [0.1, 0.15) is 6.04 Å². The average molecular weight is 484 g/mol. The number of nitrogens with one attached hydrogen (secondary N) is 1. The van der Waals surface area contributed by atoms with E-state index in [0.717, 1.165) is 51.3 Å². The lowest BCUT2D eigenvalue weighted by Gasteiger charge is -2.33. The Morgan fingerprint density at radius 1 is 1.03 bits per heavy atom. The standard InChI is InChI=1S/C27H45N7O/c1-3-22(2)25-24(29-21-34-14-6-4-5-7-15-34)20-28-26(31-25)27(35)30-23-10-16-33(17-11-23)19-18-32-12-8-9-13-32/h3,20,22-23,25H,1,4-19,21H2,2H3,(H,30,35)/b29-24-. The maximum absolute atomic E-state index is 13.0. The van der Waals surface area contributed by atoms with E-state index < -0.39 is 0 Å². The van der Waals surface area contributed by atoms with Crippen molar-refractivity contribution in [2.24, 2.45) is 20.9 Å². The van der Waals surface area contributed by atoms with Crippen LogP contribution in [0.1, 0.15) is 58.3 Å². The van der Waals surface area contributed by atoms with Crippen molar-refractivity contribution in [1.29, 1.82) is 0 Å². The number of amidine groups is 1. The van der Waals surface area contributed by atoms with Gasteiger partial charge in [0.15, 0.2) is 0 Å². The smallest absolute Gasteiger partial charge is 0.288 e. The largest absolute Gasteiger partial charge is 0.346 e. The highest BCUT2D eigenvalue weighted by atomic mass is 16.2. The monoisotopic (exact) mass is 483 g/mol. The molecule has 4 aliphatic rings. The molecule has 0 saturated carbocycles. The maximum Gasteiger partial charge on any atom is 0.288 e. The Balaban J connectivity index is 1.27. The van der Waals surface area contributed by atoms with Crippen molar-refractivity contribution < 1.29 is 4.79 Å². The van der Waals surface area contributed by atoms with E-state index in [1.165, 1.54) is 58.2 Å². The van der Waals surface area contributed by atoms with Crippen LogP contribution in [-0.2, 0) is 4.79 Å². The van der Waals surface area contributed by atoms with E-state index in [0.29, 0.717) is 6.67 Å². The molecule has 194 valence electrons. The van der Waals surface area contributed by atoms with E-state index in [1.54, 1.807) is 6.21 Å². The summed E-state index contributed by atoms with van der Waals surface area (Å²) in [7, 11) is 0. The van der Waals surface area contributed by atoms with Crippen molar-refractivity contribution in [2.75, 3.05) is 59.0 Å². The molecule has 1 amide bonds. The zero-order valence-corrected chi connectivity index (χ0v) is 21.7. The molecule has 2 unspecified atom stereocenters. The molecule has 4 rings (SSSR count). The maximum atomic E-state index is 13.0. The predicted molar refractivity (Wildman–Crippen MR) is 145 cm³/mol. The second-order valence-corrected chi connectivity index (χ2v) is 10.6. The van der Waals surface area contributed by atoms with Crippen LogP contribution >= 0.6 is 0 Å². The summed E-state index contributed by atoms with van der Waals surface area (Å²) < 4.78 is 0. The lowest BCUT2D eigenvalue weighted by molar-refractivity contribution is -0.115. The van der Waals surface area contributed by atoms with Crippen molar-refractivity contribution in [3.05, 3.63) is 12.7 Å². The molecular formula is C27H45N7O. The lowest BCUT2D eigenvalue weighted by Crippen LogP contribution is -2.48. The fourth-order valence-electron chi connectivity index (χ4n) is 5.50. The number of likely N-dealkylation sites (tertiary alicyclic amines) is 3. The van der Waals surface area contributed by atoms with Crippen molar-refractivity contribution in [1.82, 2.24) is 20.0 Å². The minimum Gasteiger partial charge on any atom is -0.346 e. The normalized spacial score (nSPS) is 27.5. The molecule has 3 saturated heterocycles. The van der Waals surface area contributed by atoms with Gasteiger partial charge in [-0.1, -0.05) is 25.8 Å². The molecular weight excluding hydrogens is 438 g/mol. The Morgan fingerprint density at radius 3 is 2.29 bits per heavy atom. The minimum absolute atomic E-state index is 0.0891. The molecule has 3 fully saturated rings. The molecule has 2 atom stereocenters. The zero-order chi connectivity index (χ0) is 24.5. The van der Waals surface area contributed by atoms with Gasteiger partial charge in [0, 0.05) is 38.1 Å². The summed E-state index contributed by atoms with van der Waals surface area (Å²) in [6.07, 6.45) is 13.4. The van der Waals surface area contributed by atoms with Gasteiger partial charge in [-0.2, -0.15) is 0 Å². The number of amides is 1. The van der Waals surface area contributed by atoms with Gasteiger partial charge in [0.25, 0.3) is 5.91 Å². The summed E-state index contributed by atoms with van der Waals surface area (Å²) in [4.78, 5) is 34.5. The van der Waals surface area contributed by atoms with E-state index in [4.69, 9.17) is 9.98 Å². The number of piperidine rings is 1. The van der Waals surface area contributed by atoms with Gasteiger partial charge in [-0.25, -0.2) is 4.99 Å². The van der Waals surface area contributed by atoms with E-state index >= 15 is 0 Å². The number of rotatable bonds is 9. The van der Waals surface area contributed by atoms with Gasteiger partial charge in [-0.3, -0.25) is 19.7 Å². The number of carbonyl (C=O) groups excluding carboxylic acids is 1. The van der Waals surface area contributed by atoms with Crippen LogP contribution in [0.25, 0.3) is 0 Å². The van der Waals surface area contributed by atoms with Crippen molar-refractivity contribution in [3.8, 4) is 0 Å². The number of nitrogens with zero attached hydrogens (tertiary/aromatic N) is 6. The second kappa shape index (κ2) is 13.4. The molecule has 1 N–H and O–H groups in total. The van der Waals surface area contributed by atoms with Gasteiger partial charge in [0.2, 0.25) is 5.84 Å². The topological polar surface area (TPSA) is 75.9 Å². The Bertz CT molecular complexity index is 785. The van der Waals surface area contributed by atoms with Crippen molar-refractivity contribution in [2.45, 2.75) is 70.4 Å². The van der Waals surface area contributed by atoms with E-state index in [2.05, 4.69) is 38.5 Å². The highest BCUT2D eigenvalue weighted by Crippen LogP contribution is 2.17. The molecule has 8 nitrogen and oxygen atoms in total. The molecule has 0 bridgehead atoms. The molecule has 4 heterocycles. The SMILES string of the molecule is C=CC(C)C1N=C(C(=O)NC2CCN(CCN3CCCC3)CC2)N=C/C1=N/CN1CCCCCC1. The van der Waals surface area contributed by atoms with Gasteiger partial charge < -0.3 is 15.1 Å². The first kappa shape index (κ1) is 26.2. The van der Waals surface area contributed by atoms with E-state index in [-0.39, 0.29) is 29.7 Å². The number of hydrogen-bond acceptors (Lipinski definition) is 7. The molecule has 0 radical (unpaired) electrons. The highest BCUT2D eigenvalue weighted by Gasteiger charge is 2.28. The lowest BCUT2D eigenvalue weighted by atomic mass is 9.97. The summed E-state index contributed by atoms with van der Waals surface area (Å²) in [5, 5.41) is 3.19. The summed E-state index contributed by atoms with van der Waals surface area (Å²) in [5.41, 5.74) is 0.851. The number of aliphatic imine (C=N–C) groups is 3. The fraction of sp³-hybridized carbons (Fsp3) is 0.778. The molecule has 8 heteroatoms. The first-order valence-corrected chi connectivity index (χ1v) is 13.9. The second-order valence-electron chi connectivity index (χ2n) is 10.6. The van der Waals surface area contributed by atoms with Crippen LogP contribution in [0.2, 0.25) is 0 Å². The van der Waals surface area contributed by atoms with Crippen LogP contribution in [0.15, 0.2) is 27.6 Å². The zero-order valence-electron chi connectivity index (χ0n) is 21.7. The Labute approximate surface area is 211 Å². The molecule has 0 spiro atoms. The molecule has 0 aromatic rings. The first-order chi connectivity index (χ1) is 17.1. The minimum atomic E-state index is -0.204. The summed E-state index contributed by atoms with van der Waals surface area (Å²) in [5.74, 6) is 0.199.